The van der Waals surface area contributed by atoms with E-state index >= 15 is 0 Å². The molecule has 1 aliphatic heterocycles. The molecule has 0 amide bonds. The van der Waals surface area contributed by atoms with Crippen LogP contribution in [0.1, 0.15) is 24.0 Å². The summed E-state index contributed by atoms with van der Waals surface area (Å²) in [6, 6.07) is 13.1. The molecule has 2 nitrogen and oxygen atoms in total. The molecule has 0 bridgehead atoms. The van der Waals surface area contributed by atoms with E-state index in [1.165, 1.54) is 0 Å². The highest BCUT2D eigenvalue weighted by Gasteiger charge is 2.35. The third-order valence-corrected chi connectivity index (χ3v) is 5.23. The van der Waals surface area contributed by atoms with Crippen LogP contribution in [-0.4, -0.2) is 20.3 Å². The first-order chi connectivity index (χ1) is 11.1. The minimum absolute atomic E-state index is 0.235. The van der Waals surface area contributed by atoms with Crippen LogP contribution < -0.4 is 0 Å². The van der Waals surface area contributed by atoms with Crippen LogP contribution in [0.15, 0.2) is 52.3 Å². The molecule has 23 heavy (non-hydrogen) atoms. The normalized spacial score (nSPS) is 17.2. The second kappa shape index (κ2) is 7.04. The van der Waals surface area contributed by atoms with Crippen molar-refractivity contribution in [2.24, 2.45) is 0 Å². The third-order valence-electron chi connectivity index (χ3n) is 4.25. The van der Waals surface area contributed by atoms with E-state index in [0.717, 1.165) is 33.8 Å². The van der Waals surface area contributed by atoms with Crippen LogP contribution in [0.25, 0.3) is 0 Å². The quantitative estimate of drug-likeness (QED) is 0.801. The van der Waals surface area contributed by atoms with Crippen molar-refractivity contribution in [1.82, 2.24) is 0 Å². The van der Waals surface area contributed by atoms with Gasteiger partial charge >= 0.3 is 0 Å². The minimum Gasteiger partial charge on any atom is -0.381 e. The summed E-state index contributed by atoms with van der Waals surface area (Å²) in [5.41, 5.74) is 1.40. The average Bonchev–Trinajstić information content (AvgIpc) is 2.57. The molecule has 2 aromatic rings. The Hall–Kier alpha value is -1.36. The molecule has 2 aromatic carbocycles. The van der Waals surface area contributed by atoms with Gasteiger partial charge in [0.15, 0.2) is 0 Å². The van der Waals surface area contributed by atoms with Gasteiger partial charge in [-0.2, -0.15) is 0 Å². The fourth-order valence-corrected chi connectivity index (χ4v) is 3.79. The second-order valence-electron chi connectivity index (χ2n) is 5.73. The Balaban J connectivity index is 1.90. The van der Waals surface area contributed by atoms with E-state index in [1.807, 2.05) is 30.3 Å². The lowest BCUT2D eigenvalue weighted by molar-refractivity contribution is -0.0950. The zero-order valence-electron chi connectivity index (χ0n) is 13.2. The molecule has 4 heteroatoms. The molecule has 0 spiro atoms. The summed E-state index contributed by atoms with van der Waals surface area (Å²) in [7, 11) is 1.69. The van der Waals surface area contributed by atoms with Crippen molar-refractivity contribution in [3.63, 3.8) is 0 Å². The fraction of sp³-hybridized carbons (Fsp3) is 0.316. The summed E-state index contributed by atoms with van der Waals surface area (Å²) >= 11 is 1.54. The molecule has 1 aliphatic rings. The molecule has 0 saturated carbocycles. The Kier molecular flexibility index (Phi) is 5.05. The molecule has 1 fully saturated rings. The summed E-state index contributed by atoms with van der Waals surface area (Å²) in [6.45, 7) is 5.15. The van der Waals surface area contributed by atoms with E-state index in [0.29, 0.717) is 13.2 Å². The lowest BCUT2D eigenvalue weighted by Crippen LogP contribution is -2.35. The average molecular weight is 331 g/mol. The minimum atomic E-state index is -0.452. The van der Waals surface area contributed by atoms with E-state index in [9.17, 15) is 4.39 Å². The van der Waals surface area contributed by atoms with Crippen LogP contribution in [0.2, 0.25) is 0 Å². The fourth-order valence-electron chi connectivity index (χ4n) is 2.89. The number of ether oxygens (including phenoxy) is 2. The largest absolute Gasteiger partial charge is 0.381 e. The van der Waals surface area contributed by atoms with Crippen molar-refractivity contribution in [2.75, 3.05) is 20.3 Å². The molecule has 0 atom stereocenters. The van der Waals surface area contributed by atoms with Crippen molar-refractivity contribution < 1.29 is 13.9 Å². The van der Waals surface area contributed by atoms with Crippen molar-refractivity contribution in [3.05, 3.63) is 66.3 Å². The van der Waals surface area contributed by atoms with Gasteiger partial charge in [-0.25, -0.2) is 4.39 Å². The SMILES string of the molecule is [CH2]c1ccc(Sc2cc(F)cc(C3(OC)CCOCC3)c2)cc1. The standard InChI is InChI=1S/C19H20FO2S/c1-14-3-5-17(6-4-14)23-18-12-15(11-16(20)13-18)19(21-2)7-9-22-10-8-19/h3-6,11-13H,1,7-10H2,2H3. The van der Waals surface area contributed by atoms with E-state index in [4.69, 9.17) is 9.47 Å². The topological polar surface area (TPSA) is 18.5 Å². The van der Waals surface area contributed by atoms with E-state index in [2.05, 4.69) is 6.92 Å². The van der Waals surface area contributed by atoms with Crippen molar-refractivity contribution in [2.45, 2.75) is 28.2 Å². The lowest BCUT2D eigenvalue weighted by atomic mass is 9.86. The molecule has 3 rings (SSSR count). The molecule has 121 valence electrons. The number of benzene rings is 2. The summed E-state index contributed by atoms with van der Waals surface area (Å²) in [5, 5.41) is 0. The maximum absolute atomic E-state index is 14.1. The Morgan fingerprint density at radius 2 is 1.78 bits per heavy atom. The van der Waals surface area contributed by atoms with Crippen molar-refractivity contribution >= 4 is 11.8 Å². The Morgan fingerprint density at radius 3 is 2.43 bits per heavy atom. The van der Waals surface area contributed by atoms with Crippen LogP contribution in [0.3, 0.4) is 0 Å². The van der Waals surface area contributed by atoms with Gasteiger partial charge in [-0.3, -0.25) is 0 Å². The van der Waals surface area contributed by atoms with Gasteiger partial charge in [-0.05, 0) is 48.4 Å². The summed E-state index contributed by atoms with van der Waals surface area (Å²) < 4.78 is 25.4. The Bertz CT molecular complexity index is 664. The molecular weight excluding hydrogens is 311 g/mol. The first-order valence-electron chi connectivity index (χ1n) is 7.65. The van der Waals surface area contributed by atoms with Crippen LogP contribution >= 0.6 is 11.8 Å². The lowest BCUT2D eigenvalue weighted by Gasteiger charge is -2.36. The van der Waals surface area contributed by atoms with Gasteiger partial charge in [0, 0.05) is 43.0 Å². The highest BCUT2D eigenvalue weighted by Crippen LogP contribution is 2.38. The van der Waals surface area contributed by atoms with E-state index < -0.39 is 5.60 Å². The number of halogens is 1. The first kappa shape index (κ1) is 16.5. The number of methoxy groups -OCH3 is 1. The Labute approximate surface area is 141 Å². The Morgan fingerprint density at radius 1 is 1.09 bits per heavy atom. The van der Waals surface area contributed by atoms with Gasteiger partial charge < -0.3 is 9.47 Å². The predicted molar refractivity (Wildman–Crippen MR) is 90.2 cm³/mol. The molecule has 0 N–H and O–H groups in total. The van der Waals surface area contributed by atoms with E-state index in [-0.39, 0.29) is 5.82 Å². The first-order valence-corrected chi connectivity index (χ1v) is 8.47. The van der Waals surface area contributed by atoms with Gasteiger partial charge in [-0.1, -0.05) is 23.9 Å². The molecule has 1 heterocycles. The molecule has 0 unspecified atom stereocenters. The van der Waals surface area contributed by atoms with Crippen LogP contribution in [0, 0.1) is 12.7 Å². The third kappa shape index (κ3) is 3.77. The number of hydrogen-bond acceptors (Lipinski definition) is 3. The molecule has 0 aliphatic carbocycles. The predicted octanol–water partition coefficient (Wildman–Crippen LogP) is 4.81. The maximum Gasteiger partial charge on any atom is 0.124 e. The molecular formula is C19H20FO2S. The van der Waals surface area contributed by atoms with Gasteiger partial charge in [0.2, 0.25) is 0 Å². The smallest absolute Gasteiger partial charge is 0.124 e. The van der Waals surface area contributed by atoms with Crippen molar-refractivity contribution in [3.8, 4) is 0 Å². The van der Waals surface area contributed by atoms with Crippen LogP contribution in [0.5, 0.6) is 0 Å². The second-order valence-corrected chi connectivity index (χ2v) is 6.88. The van der Waals surface area contributed by atoms with Gasteiger partial charge in [0.05, 0.1) is 5.60 Å². The molecule has 1 radical (unpaired) electrons. The van der Waals surface area contributed by atoms with E-state index in [1.54, 1.807) is 31.0 Å². The zero-order chi connectivity index (χ0) is 16.3. The number of rotatable bonds is 4. The monoisotopic (exact) mass is 331 g/mol. The number of hydrogen-bond donors (Lipinski definition) is 0. The zero-order valence-corrected chi connectivity index (χ0v) is 14.0. The van der Waals surface area contributed by atoms with Crippen LogP contribution in [-0.2, 0) is 15.1 Å². The maximum atomic E-state index is 14.1. The summed E-state index contributed by atoms with van der Waals surface area (Å²) in [4.78, 5) is 1.94. The highest BCUT2D eigenvalue weighted by molar-refractivity contribution is 7.99. The summed E-state index contributed by atoms with van der Waals surface area (Å²) in [6.07, 6.45) is 1.49. The van der Waals surface area contributed by atoms with Gasteiger partial charge in [-0.15, -0.1) is 0 Å². The van der Waals surface area contributed by atoms with Crippen molar-refractivity contribution in [1.29, 1.82) is 0 Å². The molecule has 0 aromatic heterocycles. The van der Waals surface area contributed by atoms with Crippen LogP contribution in [0.4, 0.5) is 4.39 Å². The highest BCUT2D eigenvalue weighted by atomic mass is 32.2. The summed E-state index contributed by atoms with van der Waals surface area (Å²) in [5.74, 6) is -0.235. The molecule has 1 saturated heterocycles. The van der Waals surface area contributed by atoms with Gasteiger partial charge in [0.25, 0.3) is 0 Å². The van der Waals surface area contributed by atoms with Gasteiger partial charge in [0.1, 0.15) is 5.82 Å².